The van der Waals surface area contributed by atoms with Crippen molar-refractivity contribution < 1.29 is 19.2 Å². The molecule has 27 heavy (non-hydrogen) atoms. The third-order valence-corrected chi connectivity index (χ3v) is 4.06. The Morgan fingerprint density at radius 1 is 1.33 bits per heavy atom. The molecule has 0 saturated heterocycles. The van der Waals surface area contributed by atoms with Crippen molar-refractivity contribution in [1.29, 1.82) is 5.26 Å². The fourth-order valence-electron chi connectivity index (χ4n) is 2.48. The first-order valence-electron chi connectivity index (χ1n) is 7.66. The van der Waals surface area contributed by atoms with Gasteiger partial charge in [-0.1, -0.05) is 11.6 Å². The van der Waals surface area contributed by atoms with Crippen LogP contribution >= 0.6 is 11.6 Å². The Balaban J connectivity index is 1.95. The number of hydrogen-bond acceptors (Lipinski definition) is 6. The van der Waals surface area contributed by atoms with Gasteiger partial charge in [0.2, 0.25) is 6.79 Å². The van der Waals surface area contributed by atoms with E-state index >= 15 is 0 Å². The van der Waals surface area contributed by atoms with Gasteiger partial charge in [0.05, 0.1) is 16.6 Å². The Bertz CT molecular complexity index is 1030. The van der Waals surface area contributed by atoms with Gasteiger partial charge in [-0.3, -0.25) is 14.9 Å². The van der Waals surface area contributed by atoms with E-state index in [0.717, 1.165) is 6.08 Å². The van der Waals surface area contributed by atoms with Gasteiger partial charge in [0.1, 0.15) is 11.6 Å². The fraction of sp³-hybridized carbons (Fsp3) is 0.111. The Kier molecular flexibility index (Phi) is 4.96. The molecule has 0 aromatic heterocycles. The van der Waals surface area contributed by atoms with Gasteiger partial charge < -0.3 is 14.8 Å². The predicted octanol–water partition coefficient (Wildman–Crippen LogP) is 3.83. The minimum atomic E-state index is -0.699. The highest BCUT2D eigenvalue weighted by molar-refractivity contribution is 6.30. The number of hydrogen-bond donors (Lipinski definition) is 1. The van der Waals surface area contributed by atoms with Crippen LogP contribution in [0.3, 0.4) is 0 Å². The number of carbonyl (C=O) groups is 1. The van der Waals surface area contributed by atoms with E-state index in [0.29, 0.717) is 22.0 Å². The van der Waals surface area contributed by atoms with E-state index in [1.807, 2.05) is 0 Å². The summed E-state index contributed by atoms with van der Waals surface area (Å²) in [7, 11) is 0. The number of nitrogens with one attached hydrogen (secondary N) is 1. The highest BCUT2D eigenvalue weighted by atomic mass is 35.5. The second-order valence-electron chi connectivity index (χ2n) is 5.60. The van der Waals surface area contributed by atoms with Gasteiger partial charge in [-0.25, -0.2) is 0 Å². The molecule has 0 unspecified atom stereocenters. The van der Waals surface area contributed by atoms with Crippen molar-refractivity contribution in [2.75, 3.05) is 12.1 Å². The molecule has 2 aromatic rings. The second-order valence-corrected chi connectivity index (χ2v) is 6.04. The van der Waals surface area contributed by atoms with Crippen LogP contribution in [-0.2, 0) is 4.79 Å². The van der Waals surface area contributed by atoms with Gasteiger partial charge in [-0.15, -0.1) is 0 Å². The summed E-state index contributed by atoms with van der Waals surface area (Å²) in [5.74, 6) is -0.161. The number of nitro groups is 1. The maximum absolute atomic E-state index is 12.4. The molecule has 0 spiro atoms. The summed E-state index contributed by atoms with van der Waals surface area (Å²) >= 11 is 5.88. The van der Waals surface area contributed by atoms with Crippen molar-refractivity contribution in [2.24, 2.45) is 0 Å². The molecule has 1 heterocycles. The van der Waals surface area contributed by atoms with Gasteiger partial charge in [-0.05, 0) is 42.8 Å². The van der Waals surface area contributed by atoms with E-state index in [2.05, 4.69) is 5.32 Å². The van der Waals surface area contributed by atoms with E-state index in [9.17, 15) is 20.2 Å². The van der Waals surface area contributed by atoms with Crippen LogP contribution in [0.4, 0.5) is 11.4 Å². The summed E-state index contributed by atoms with van der Waals surface area (Å²) in [4.78, 5) is 23.1. The number of carbonyl (C=O) groups excluding carboxylic acids is 1. The molecule has 1 amide bonds. The number of benzene rings is 2. The van der Waals surface area contributed by atoms with Gasteiger partial charge in [0.25, 0.3) is 11.6 Å². The smallest absolute Gasteiger partial charge is 0.280 e. The monoisotopic (exact) mass is 385 g/mol. The zero-order valence-corrected chi connectivity index (χ0v) is 14.7. The van der Waals surface area contributed by atoms with Crippen molar-refractivity contribution >= 4 is 35.0 Å². The zero-order valence-electron chi connectivity index (χ0n) is 14.0. The fourth-order valence-corrected chi connectivity index (χ4v) is 2.71. The highest BCUT2D eigenvalue weighted by Gasteiger charge is 2.23. The molecule has 1 aliphatic heterocycles. The SMILES string of the molecule is Cc1cc(Cl)ccc1NC(=O)/C(C#N)=C/c1cc2c(cc1[N+](=O)[O-])OCO2. The van der Waals surface area contributed by atoms with Crippen LogP contribution in [-0.4, -0.2) is 17.6 Å². The van der Waals surface area contributed by atoms with E-state index in [4.69, 9.17) is 21.1 Å². The van der Waals surface area contributed by atoms with Crippen molar-refractivity contribution in [2.45, 2.75) is 6.92 Å². The Labute approximate surface area is 158 Å². The largest absolute Gasteiger partial charge is 0.454 e. The molecule has 1 aliphatic rings. The third-order valence-electron chi connectivity index (χ3n) is 3.82. The molecule has 0 aliphatic carbocycles. The number of amides is 1. The lowest BCUT2D eigenvalue weighted by atomic mass is 10.1. The average Bonchev–Trinajstić information content (AvgIpc) is 3.08. The summed E-state index contributed by atoms with van der Waals surface area (Å²) in [6.45, 7) is 1.70. The number of nitro benzene ring substituents is 1. The van der Waals surface area contributed by atoms with Crippen molar-refractivity contribution in [3.63, 3.8) is 0 Å². The number of rotatable bonds is 4. The number of halogens is 1. The standard InChI is InChI=1S/C18H12ClN3O5/c1-10-4-13(19)2-3-14(10)21-18(23)12(8-20)5-11-6-16-17(27-9-26-16)7-15(11)22(24)25/h2-7H,9H2,1H3,(H,21,23)/b12-5+. The van der Waals surface area contributed by atoms with E-state index in [1.54, 1.807) is 31.2 Å². The minimum absolute atomic E-state index is 0.0545. The Morgan fingerprint density at radius 2 is 2.04 bits per heavy atom. The molecule has 136 valence electrons. The average molecular weight is 386 g/mol. The molecule has 2 aromatic carbocycles. The van der Waals surface area contributed by atoms with Crippen molar-refractivity contribution in [3.8, 4) is 17.6 Å². The summed E-state index contributed by atoms with van der Waals surface area (Å²) in [5, 5.41) is 23.8. The van der Waals surface area contributed by atoms with Gasteiger partial charge in [0, 0.05) is 10.7 Å². The predicted molar refractivity (Wildman–Crippen MR) is 97.6 cm³/mol. The molecule has 0 saturated carbocycles. The van der Waals surface area contributed by atoms with Crippen LogP contribution in [0, 0.1) is 28.4 Å². The first-order valence-corrected chi connectivity index (χ1v) is 8.04. The molecule has 9 heteroatoms. The molecule has 0 bridgehead atoms. The number of anilines is 1. The molecule has 1 N–H and O–H groups in total. The quantitative estimate of drug-likeness (QED) is 0.370. The molecule has 0 atom stereocenters. The molecule has 8 nitrogen and oxygen atoms in total. The highest BCUT2D eigenvalue weighted by Crippen LogP contribution is 2.38. The van der Waals surface area contributed by atoms with Crippen LogP contribution in [0.15, 0.2) is 35.9 Å². The molecule has 3 rings (SSSR count). The summed E-state index contributed by atoms with van der Waals surface area (Å²) in [6.07, 6.45) is 1.14. The minimum Gasteiger partial charge on any atom is -0.454 e. The summed E-state index contributed by atoms with van der Waals surface area (Å²) < 4.78 is 10.3. The lowest BCUT2D eigenvalue weighted by molar-refractivity contribution is -0.385. The Hall–Kier alpha value is -3.57. The first kappa shape index (κ1) is 18.2. The van der Waals surface area contributed by atoms with E-state index in [-0.39, 0.29) is 29.4 Å². The number of fused-ring (bicyclic) bond motifs is 1. The van der Waals surface area contributed by atoms with Crippen LogP contribution < -0.4 is 14.8 Å². The van der Waals surface area contributed by atoms with Crippen LogP contribution in [0.2, 0.25) is 5.02 Å². The van der Waals surface area contributed by atoms with Gasteiger partial charge in [-0.2, -0.15) is 5.26 Å². The maximum Gasteiger partial charge on any atom is 0.280 e. The molecule has 0 radical (unpaired) electrons. The molecular formula is C18H12ClN3O5. The lowest BCUT2D eigenvalue weighted by Crippen LogP contribution is -2.14. The Morgan fingerprint density at radius 3 is 2.67 bits per heavy atom. The third kappa shape index (κ3) is 3.83. The van der Waals surface area contributed by atoms with Crippen LogP contribution in [0.1, 0.15) is 11.1 Å². The van der Waals surface area contributed by atoms with Crippen molar-refractivity contribution in [1.82, 2.24) is 0 Å². The van der Waals surface area contributed by atoms with Gasteiger partial charge >= 0.3 is 0 Å². The normalized spacial score (nSPS) is 12.4. The molecule has 0 fully saturated rings. The van der Waals surface area contributed by atoms with Crippen LogP contribution in [0.5, 0.6) is 11.5 Å². The maximum atomic E-state index is 12.4. The van der Waals surface area contributed by atoms with Crippen molar-refractivity contribution in [3.05, 3.63) is 62.2 Å². The number of nitrogens with zero attached hydrogens (tertiary/aromatic N) is 2. The number of nitriles is 1. The van der Waals surface area contributed by atoms with E-state index in [1.165, 1.54) is 12.1 Å². The second kappa shape index (κ2) is 7.35. The number of ether oxygens (including phenoxy) is 2. The lowest BCUT2D eigenvalue weighted by Gasteiger charge is -2.08. The first-order chi connectivity index (χ1) is 12.9. The summed E-state index contributed by atoms with van der Waals surface area (Å²) in [6, 6.07) is 9.19. The van der Waals surface area contributed by atoms with E-state index < -0.39 is 10.8 Å². The number of aryl methyl sites for hydroxylation is 1. The summed E-state index contributed by atoms with van der Waals surface area (Å²) in [5.41, 5.74) is 0.644. The van der Waals surface area contributed by atoms with Gasteiger partial charge in [0.15, 0.2) is 11.5 Å². The zero-order chi connectivity index (χ0) is 19.6. The molecular weight excluding hydrogens is 374 g/mol. The van der Waals surface area contributed by atoms with Crippen LogP contribution in [0.25, 0.3) is 6.08 Å². The topological polar surface area (TPSA) is 114 Å².